The zero-order valence-corrected chi connectivity index (χ0v) is 7.92. The average molecular weight is 201 g/mol. The van der Waals surface area contributed by atoms with Crippen LogP contribution < -0.4 is 17.2 Å². The third kappa shape index (κ3) is 3.78. The standard InChI is InChI=1S/C8H12N4.ClH/c9-5-6-1-3-7(4-2-6)12-8(10)11;/h1-4H,5,9H2,(H4,10,11,12);1H. The highest BCUT2D eigenvalue weighted by atomic mass is 35.5. The number of nitrogens with two attached hydrogens (primary N) is 3. The van der Waals surface area contributed by atoms with Crippen LogP contribution in [0.25, 0.3) is 0 Å². The number of halogens is 1. The zero-order chi connectivity index (χ0) is 8.97. The third-order valence-corrected chi connectivity index (χ3v) is 1.43. The average Bonchev–Trinajstić information content (AvgIpc) is 2.05. The van der Waals surface area contributed by atoms with Crippen LogP contribution in [0.2, 0.25) is 0 Å². The second-order valence-corrected chi connectivity index (χ2v) is 2.41. The fourth-order valence-corrected chi connectivity index (χ4v) is 0.856. The van der Waals surface area contributed by atoms with E-state index in [0.717, 1.165) is 11.3 Å². The van der Waals surface area contributed by atoms with E-state index in [1.165, 1.54) is 0 Å². The number of rotatable bonds is 2. The van der Waals surface area contributed by atoms with Crippen LogP contribution in [0, 0.1) is 0 Å². The van der Waals surface area contributed by atoms with E-state index in [1.807, 2.05) is 24.3 Å². The van der Waals surface area contributed by atoms with E-state index in [-0.39, 0.29) is 18.4 Å². The van der Waals surface area contributed by atoms with Crippen LogP contribution in [0.3, 0.4) is 0 Å². The molecule has 4 nitrogen and oxygen atoms in total. The van der Waals surface area contributed by atoms with Crippen LogP contribution in [0.4, 0.5) is 5.69 Å². The number of benzene rings is 1. The molecular weight excluding hydrogens is 188 g/mol. The first-order valence-electron chi connectivity index (χ1n) is 3.61. The van der Waals surface area contributed by atoms with Gasteiger partial charge in [-0.1, -0.05) is 12.1 Å². The van der Waals surface area contributed by atoms with Gasteiger partial charge in [0.1, 0.15) is 0 Å². The van der Waals surface area contributed by atoms with Gasteiger partial charge >= 0.3 is 0 Å². The molecule has 0 saturated carbocycles. The lowest BCUT2D eigenvalue weighted by Gasteiger charge is -1.97. The van der Waals surface area contributed by atoms with Crippen molar-refractivity contribution in [1.82, 2.24) is 0 Å². The molecule has 1 aromatic carbocycles. The Bertz CT molecular complexity index is 277. The Balaban J connectivity index is 0.00000144. The molecule has 1 rings (SSSR count). The lowest BCUT2D eigenvalue weighted by molar-refractivity contribution is 1.07. The number of hydrogen-bond donors (Lipinski definition) is 3. The van der Waals surface area contributed by atoms with Crippen LogP contribution in [0.15, 0.2) is 29.3 Å². The molecule has 0 atom stereocenters. The molecule has 0 aliphatic heterocycles. The normalized spacial score (nSPS) is 8.69. The Morgan fingerprint density at radius 1 is 1.15 bits per heavy atom. The molecule has 0 fully saturated rings. The van der Waals surface area contributed by atoms with Crippen molar-refractivity contribution in [3.8, 4) is 0 Å². The molecule has 0 radical (unpaired) electrons. The maximum absolute atomic E-state index is 5.42. The van der Waals surface area contributed by atoms with Crippen molar-refractivity contribution in [3.05, 3.63) is 29.8 Å². The van der Waals surface area contributed by atoms with Crippen LogP contribution in [0.5, 0.6) is 0 Å². The van der Waals surface area contributed by atoms with Gasteiger partial charge in [-0.05, 0) is 17.7 Å². The molecule has 13 heavy (non-hydrogen) atoms. The minimum absolute atomic E-state index is 0. The number of aliphatic imine (C=N–C) groups is 1. The summed E-state index contributed by atoms with van der Waals surface area (Å²) in [4.78, 5) is 3.87. The fraction of sp³-hybridized carbons (Fsp3) is 0.125. The monoisotopic (exact) mass is 200 g/mol. The largest absolute Gasteiger partial charge is 0.370 e. The van der Waals surface area contributed by atoms with E-state index in [4.69, 9.17) is 17.2 Å². The van der Waals surface area contributed by atoms with Crippen molar-refractivity contribution in [2.45, 2.75) is 6.54 Å². The molecule has 5 heteroatoms. The molecule has 0 aromatic heterocycles. The molecule has 6 N–H and O–H groups in total. The summed E-state index contributed by atoms with van der Waals surface area (Å²) >= 11 is 0. The second kappa shape index (κ2) is 5.40. The van der Waals surface area contributed by atoms with Crippen molar-refractivity contribution < 1.29 is 0 Å². The van der Waals surface area contributed by atoms with E-state index < -0.39 is 0 Å². The first-order valence-corrected chi connectivity index (χ1v) is 3.61. The minimum Gasteiger partial charge on any atom is -0.370 e. The molecular formula is C8H13ClN4. The lowest BCUT2D eigenvalue weighted by Crippen LogP contribution is -2.21. The van der Waals surface area contributed by atoms with Gasteiger partial charge in [-0.25, -0.2) is 4.99 Å². The summed E-state index contributed by atoms with van der Waals surface area (Å²) in [5.41, 5.74) is 17.6. The summed E-state index contributed by atoms with van der Waals surface area (Å²) in [6.45, 7) is 0.530. The highest BCUT2D eigenvalue weighted by Crippen LogP contribution is 2.11. The van der Waals surface area contributed by atoms with E-state index in [9.17, 15) is 0 Å². The van der Waals surface area contributed by atoms with E-state index >= 15 is 0 Å². The maximum Gasteiger partial charge on any atom is 0.191 e. The van der Waals surface area contributed by atoms with Crippen LogP contribution >= 0.6 is 12.4 Å². The molecule has 0 amide bonds. The molecule has 0 unspecified atom stereocenters. The first-order chi connectivity index (χ1) is 5.72. The fourth-order valence-electron chi connectivity index (χ4n) is 0.856. The van der Waals surface area contributed by atoms with Gasteiger partial charge in [0.25, 0.3) is 0 Å². The second-order valence-electron chi connectivity index (χ2n) is 2.41. The van der Waals surface area contributed by atoms with Crippen molar-refractivity contribution in [3.63, 3.8) is 0 Å². The summed E-state index contributed by atoms with van der Waals surface area (Å²) in [7, 11) is 0. The van der Waals surface area contributed by atoms with Gasteiger partial charge in [-0.15, -0.1) is 12.4 Å². The summed E-state index contributed by atoms with van der Waals surface area (Å²) in [6.07, 6.45) is 0. The zero-order valence-electron chi connectivity index (χ0n) is 7.10. The summed E-state index contributed by atoms with van der Waals surface area (Å²) in [6, 6.07) is 7.42. The van der Waals surface area contributed by atoms with Crippen LogP contribution in [-0.2, 0) is 6.54 Å². The highest BCUT2D eigenvalue weighted by Gasteiger charge is 1.90. The van der Waals surface area contributed by atoms with E-state index in [2.05, 4.69) is 4.99 Å². The smallest absolute Gasteiger partial charge is 0.191 e. The van der Waals surface area contributed by atoms with Crippen molar-refractivity contribution in [2.24, 2.45) is 22.2 Å². The third-order valence-electron chi connectivity index (χ3n) is 1.43. The Labute approximate surface area is 83.2 Å². The van der Waals surface area contributed by atoms with E-state index in [0.29, 0.717) is 6.54 Å². The Morgan fingerprint density at radius 2 is 1.69 bits per heavy atom. The van der Waals surface area contributed by atoms with Gasteiger partial charge in [0.05, 0.1) is 5.69 Å². The van der Waals surface area contributed by atoms with Gasteiger partial charge in [-0.3, -0.25) is 0 Å². The molecule has 72 valence electrons. The number of hydrogen-bond acceptors (Lipinski definition) is 2. The Kier molecular flexibility index (Phi) is 4.87. The summed E-state index contributed by atoms with van der Waals surface area (Å²) < 4.78 is 0. The van der Waals surface area contributed by atoms with E-state index in [1.54, 1.807) is 0 Å². The molecule has 1 aromatic rings. The van der Waals surface area contributed by atoms with Gasteiger partial charge in [0.2, 0.25) is 0 Å². The number of nitrogens with zero attached hydrogens (tertiary/aromatic N) is 1. The van der Waals surface area contributed by atoms with Crippen LogP contribution in [0.1, 0.15) is 5.56 Å². The molecule has 0 bridgehead atoms. The van der Waals surface area contributed by atoms with Gasteiger partial charge in [0.15, 0.2) is 5.96 Å². The van der Waals surface area contributed by atoms with Gasteiger partial charge in [-0.2, -0.15) is 0 Å². The Hall–Kier alpha value is -1.26. The van der Waals surface area contributed by atoms with Crippen molar-refractivity contribution >= 4 is 24.1 Å². The summed E-state index contributed by atoms with van der Waals surface area (Å²) in [5, 5.41) is 0. The van der Waals surface area contributed by atoms with Gasteiger partial charge in [0, 0.05) is 6.54 Å². The van der Waals surface area contributed by atoms with Gasteiger partial charge < -0.3 is 17.2 Å². The maximum atomic E-state index is 5.42. The predicted molar refractivity (Wildman–Crippen MR) is 57.1 cm³/mol. The first kappa shape index (κ1) is 11.7. The predicted octanol–water partition coefficient (Wildman–Crippen LogP) is 0.472. The molecule has 0 aliphatic rings. The molecule has 0 aliphatic carbocycles. The van der Waals surface area contributed by atoms with Crippen molar-refractivity contribution in [2.75, 3.05) is 0 Å². The summed E-state index contributed by atoms with van der Waals surface area (Å²) in [5.74, 6) is 0.0653. The molecule has 0 spiro atoms. The quantitative estimate of drug-likeness (QED) is 0.479. The topological polar surface area (TPSA) is 90.4 Å². The number of guanidine groups is 1. The minimum atomic E-state index is 0. The van der Waals surface area contributed by atoms with Crippen LogP contribution in [-0.4, -0.2) is 5.96 Å². The molecule has 0 heterocycles. The Morgan fingerprint density at radius 3 is 2.08 bits per heavy atom. The highest BCUT2D eigenvalue weighted by molar-refractivity contribution is 5.85. The van der Waals surface area contributed by atoms with Crippen molar-refractivity contribution in [1.29, 1.82) is 0 Å². The molecule has 0 saturated heterocycles. The SMILES string of the molecule is Cl.NCc1ccc(N=C(N)N)cc1. The lowest BCUT2D eigenvalue weighted by atomic mass is 10.2.